The van der Waals surface area contributed by atoms with Crippen LogP contribution in [0.2, 0.25) is 0 Å². The van der Waals surface area contributed by atoms with Crippen LogP contribution in [-0.2, 0) is 0 Å². The number of H-pyrrole nitrogens is 1. The fraction of sp³-hybridized carbons (Fsp3) is 0.800. The van der Waals surface area contributed by atoms with Crippen molar-refractivity contribution in [2.45, 2.75) is 19.9 Å². The molecule has 5 nitrogen and oxygen atoms in total. The molecule has 0 aliphatic heterocycles. The summed E-state index contributed by atoms with van der Waals surface area (Å²) in [5, 5.41) is 13.3. The minimum atomic E-state index is -0.112. The van der Waals surface area contributed by atoms with E-state index in [1.54, 1.807) is 0 Å². The number of tetrazole rings is 1. The Balaban J connectivity index is 0.000001000. The maximum atomic E-state index is 5.70. The molecule has 3 N–H and O–H groups in total. The van der Waals surface area contributed by atoms with Gasteiger partial charge < -0.3 is 5.73 Å². The van der Waals surface area contributed by atoms with Gasteiger partial charge in [0, 0.05) is 0 Å². The highest BCUT2D eigenvalue weighted by Crippen LogP contribution is 2.12. The lowest BCUT2D eigenvalue weighted by Gasteiger charge is -2.09. The number of rotatable bonds is 2. The van der Waals surface area contributed by atoms with Gasteiger partial charge in [0.2, 0.25) is 0 Å². The first-order valence-corrected chi connectivity index (χ1v) is 3.20. The fourth-order valence-corrected chi connectivity index (χ4v) is 0.609. The fourth-order valence-electron chi connectivity index (χ4n) is 0.609. The molecular formula is C5H12ClN5. The largest absolute Gasteiger partial charge is 0.321 e. The molecule has 0 amide bonds. The van der Waals surface area contributed by atoms with Crippen molar-refractivity contribution in [3.8, 4) is 0 Å². The number of nitrogens with two attached hydrogens (primary N) is 1. The summed E-state index contributed by atoms with van der Waals surface area (Å²) >= 11 is 0. The lowest BCUT2D eigenvalue weighted by atomic mass is 10.1. The zero-order valence-electron chi connectivity index (χ0n) is 6.48. The van der Waals surface area contributed by atoms with Crippen LogP contribution in [0.1, 0.15) is 25.7 Å². The second-order valence-electron chi connectivity index (χ2n) is 2.54. The Labute approximate surface area is 71.2 Å². The minimum Gasteiger partial charge on any atom is -0.321 e. The number of halogens is 1. The lowest BCUT2D eigenvalue weighted by Crippen LogP contribution is -2.18. The molecule has 0 aliphatic rings. The van der Waals surface area contributed by atoms with Gasteiger partial charge in [0.25, 0.3) is 0 Å². The van der Waals surface area contributed by atoms with Crippen molar-refractivity contribution in [3.05, 3.63) is 5.82 Å². The molecule has 64 valence electrons. The molecule has 0 saturated carbocycles. The number of nitrogens with one attached hydrogen (secondary N) is 1. The molecule has 0 aliphatic carbocycles. The molecule has 1 unspecified atom stereocenters. The predicted octanol–water partition coefficient (Wildman–Crippen LogP) is 0.277. The average Bonchev–Trinajstić information content (AvgIpc) is 2.36. The van der Waals surface area contributed by atoms with E-state index >= 15 is 0 Å². The van der Waals surface area contributed by atoms with Crippen LogP contribution >= 0.6 is 12.4 Å². The number of hydrogen-bond acceptors (Lipinski definition) is 4. The molecule has 1 rings (SSSR count). The molecule has 1 aromatic rings. The molecular weight excluding hydrogens is 166 g/mol. The van der Waals surface area contributed by atoms with Crippen LogP contribution in [0.4, 0.5) is 0 Å². The van der Waals surface area contributed by atoms with E-state index in [-0.39, 0.29) is 18.4 Å². The highest BCUT2D eigenvalue weighted by atomic mass is 35.5. The Morgan fingerprint density at radius 3 is 2.45 bits per heavy atom. The van der Waals surface area contributed by atoms with E-state index in [4.69, 9.17) is 5.73 Å². The molecule has 1 atom stereocenters. The molecule has 0 saturated heterocycles. The normalized spacial score (nSPS) is 12.7. The van der Waals surface area contributed by atoms with E-state index in [1.807, 2.05) is 13.8 Å². The van der Waals surface area contributed by atoms with Crippen molar-refractivity contribution in [3.63, 3.8) is 0 Å². The van der Waals surface area contributed by atoms with Gasteiger partial charge in [-0.1, -0.05) is 19.1 Å². The number of aromatic amines is 1. The molecule has 0 radical (unpaired) electrons. The van der Waals surface area contributed by atoms with E-state index < -0.39 is 0 Å². The maximum absolute atomic E-state index is 5.70. The third-order valence-corrected chi connectivity index (χ3v) is 1.38. The number of aromatic nitrogens is 4. The molecule has 11 heavy (non-hydrogen) atoms. The van der Waals surface area contributed by atoms with Crippen LogP contribution in [0.3, 0.4) is 0 Å². The second-order valence-corrected chi connectivity index (χ2v) is 2.54. The van der Waals surface area contributed by atoms with Gasteiger partial charge in [0.15, 0.2) is 5.82 Å². The minimum absolute atomic E-state index is 0. The molecule has 1 aromatic heterocycles. The van der Waals surface area contributed by atoms with Crippen molar-refractivity contribution < 1.29 is 0 Å². The van der Waals surface area contributed by atoms with Gasteiger partial charge in [-0.3, -0.25) is 0 Å². The maximum Gasteiger partial charge on any atom is 0.191 e. The van der Waals surface area contributed by atoms with E-state index in [0.717, 1.165) is 0 Å². The smallest absolute Gasteiger partial charge is 0.191 e. The third-order valence-electron chi connectivity index (χ3n) is 1.38. The first-order valence-electron chi connectivity index (χ1n) is 3.20. The average molecular weight is 178 g/mol. The molecule has 0 fully saturated rings. The van der Waals surface area contributed by atoms with Gasteiger partial charge in [0.05, 0.1) is 6.04 Å². The van der Waals surface area contributed by atoms with Gasteiger partial charge in [-0.15, -0.1) is 22.6 Å². The van der Waals surface area contributed by atoms with Crippen LogP contribution in [0.25, 0.3) is 0 Å². The Hall–Kier alpha value is -0.680. The summed E-state index contributed by atoms with van der Waals surface area (Å²) in [7, 11) is 0. The van der Waals surface area contributed by atoms with E-state index in [2.05, 4.69) is 20.6 Å². The predicted molar refractivity (Wildman–Crippen MR) is 43.2 cm³/mol. The van der Waals surface area contributed by atoms with Crippen LogP contribution < -0.4 is 5.73 Å². The van der Waals surface area contributed by atoms with Gasteiger partial charge >= 0.3 is 0 Å². The van der Waals surface area contributed by atoms with Gasteiger partial charge in [-0.05, 0) is 5.92 Å². The zero-order chi connectivity index (χ0) is 7.56. The summed E-state index contributed by atoms with van der Waals surface area (Å²) < 4.78 is 0. The Bertz CT molecular complexity index is 185. The van der Waals surface area contributed by atoms with Crippen LogP contribution in [0.15, 0.2) is 0 Å². The number of hydrogen-bond donors (Lipinski definition) is 2. The van der Waals surface area contributed by atoms with Crippen molar-refractivity contribution in [1.82, 2.24) is 20.6 Å². The first-order chi connectivity index (χ1) is 4.72. The molecule has 0 aromatic carbocycles. The van der Waals surface area contributed by atoms with Gasteiger partial charge in [0.1, 0.15) is 0 Å². The molecule has 6 heteroatoms. The topological polar surface area (TPSA) is 80.5 Å². The number of nitrogens with zero attached hydrogens (tertiary/aromatic N) is 3. The Kier molecular flexibility index (Phi) is 3.99. The quantitative estimate of drug-likeness (QED) is 0.680. The standard InChI is InChI=1S/C5H11N5.ClH/c1-3(2)4(6)5-7-9-10-8-5;/h3-4H,6H2,1-2H3,(H,7,8,9,10);1H. The van der Waals surface area contributed by atoms with Crippen LogP contribution in [0.5, 0.6) is 0 Å². The summed E-state index contributed by atoms with van der Waals surface area (Å²) in [6.07, 6.45) is 0. The highest BCUT2D eigenvalue weighted by molar-refractivity contribution is 5.85. The Morgan fingerprint density at radius 1 is 1.45 bits per heavy atom. The second kappa shape index (κ2) is 4.25. The van der Waals surface area contributed by atoms with Gasteiger partial charge in [-0.2, -0.15) is 5.21 Å². The van der Waals surface area contributed by atoms with Crippen molar-refractivity contribution in [2.75, 3.05) is 0 Å². The highest BCUT2D eigenvalue weighted by Gasteiger charge is 2.13. The van der Waals surface area contributed by atoms with Crippen molar-refractivity contribution >= 4 is 12.4 Å². The SMILES string of the molecule is CC(C)C(N)c1nn[nH]n1.Cl. The monoisotopic (exact) mass is 177 g/mol. The molecule has 0 bridgehead atoms. The summed E-state index contributed by atoms with van der Waals surface area (Å²) in [6.45, 7) is 4.03. The van der Waals surface area contributed by atoms with E-state index in [9.17, 15) is 0 Å². The van der Waals surface area contributed by atoms with E-state index in [1.165, 1.54) is 0 Å². The summed E-state index contributed by atoms with van der Waals surface area (Å²) in [5.74, 6) is 0.924. The molecule has 0 spiro atoms. The lowest BCUT2D eigenvalue weighted by molar-refractivity contribution is 0.490. The summed E-state index contributed by atoms with van der Waals surface area (Å²) in [4.78, 5) is 0. The van der Waals surface area contributed by atoms with Crippen LogP contribution in [-0.4, -0.2) is 20.6 Å². The van der Waals surface area contributed by atoms with Crippen molar-refractivity contribution in [2.24, 2.45) is 11.7 Å². The van der Waals surface area contributed by atoms with Crippen LogP contribution in [0, 0.1) is 5.92 Å². The van der Waals surface area contributed by atoms with Crippen molar-refractivity contribution in [1.29, 1.82) is 0 Å². The first kappa shape index (κ1) is 10.3. The molecule has 1 heterocycles. The summed E-state index contributed by atoms with van der Waals surface area (Å²) in [5.41, 5.74) is 5.70. The van der Waals surface area contributed by atoms with Gasteiger partial charge in [-0.25, -0.2) is 0 Å². The summed E-state index contributed by atoms with van der Waals surface area (Å²) in [6, 6.07) is -0.112. The van der Waals surface area contributed by atoms with E-state index in [0.29, 0.717) is 11.7 Å². The zero-order valence-corrected chi connectivity index (χ0v) is 7.30. The Morgan fingerprint density at radius 2 is 2.09 bits per heavy atom. The third kappa shape index (κ3) is 2.44.